The van der Waals surface area contributed by atoms with Crippen LogP contribution in [0.2, 0.25) is 0 Å². The summed E-state index contributed by atoms with van der Waals surface area (Å²) in [4.78, 5) is 10.9. The molecule has 2 N–H and O–H groups in total. The third kappa shape index (κ3) is 3.40. The van der Waals surface area contributed by atoms with Gasteiger partial charge in [-0.25, -0.2) is 0 Å². The van der Waals surface area contributed by atoms with Gasteiger partial charge in [-0.3, -0.25) is 10.1 Å². The highest BCUT2D eigenvalue weighted by atomic mass is 16.4. The Morgan fingerprint density at radius 2 is 2.40 bits per heavy atom. The second kappa shape index (κ2) is 5.56. The maximum absolute atomic E-state index is 10.9. The van der Waals surface area contributed by atoms with E-state index in [0.29, 0.717) is 6.42 Å². The minimum atomic E-state index is -0.810. The van der Waals surface area contributed by atoms with Crippen LogP contribution < -0.4 is 5.32 Å². The van der Waals surface area contributed by atoms with Gasteiger partial charge in [-0.2, -0.15) is 0 Å². The lowest BCUT2D eigenvalue weighted by Gasteiger charge is -2.17. The van der Waals surface area contributed by atoms with E-state index in [0.717, 1.165) is 12.2 Å². The van der Waals surface area contributed by atoms with Gasteiger partial charge in [0.1, 0.15) is 11.8 Å². The number of carboxylic acid groups (broad SMARTS) is 1. The lowest BCUT2D eigenvalue weighted by molar-refractivity contribution is -0.139. The van der Waals surface area contributed by atoms with Crippen molar-refractivity contribution in [2.75, 3.05) is 0 Å². The molecule has 0 fully saturated rings. The highest BCUT2D eigenvalue weighted by Gasteiger charge is 2.20. The lowest BCUT2D eigenvalue weighted by atomic mass is 10.1. The standard InChI is InChI=1S/C11H17NO3/c1-3-5-9(11(13)14)12-8(2)10-6-4-7-15-10/h4,6-9,12H,3,5H2,1-2H3,(H,13,14). The Kier molecular flexibility index (Phi) is 4.37. The minimum Gasteiger partial charge on any atom is -0.480 e. The zero-order valence-electron chi connectivity index (χ0n) is 9.06. The van der Waals surface area contributed by atoms with Crippen LogP contribution in [-0.4, -0.2) is 17.1 Å². The molecular weight excluding hydrogens is 194 g/mol. The summed E-state index contributed by atoms with van der Waals surface area (Å²) in [5.41, 5.74) is 0. The van der Waals surface area contributed by atoms with Crippen LogP contribution in [-0.2, 0) is 4.79 Å². The fraction of sp³-hybridized carbons (Fsp3) is 0.545. The molecule has 2 atom stereocenters. The quantitative estimate of drug-likeness (QED) is 0.757. The summed E-state index contributed by atoms with van der Waals surface area (Å²) < 4.78 is 5.20. The Morgan fingerprint density at radius 1 is 1.67 bits per heavy atom. The molecule has 0 spiro atoms. The molecule has 0 aliphatic heterocycles. The van der Waals surface area contributed by atoms with Gasteiger partial charge in [0.05, 0.1) is 12.3 Å². The second-order valence-electron chi connectivity index (χ2n) is 3.58. The number of carbonyl (C=O) groups is 1. The van der Waals surface area contributed by atoms with Crippen molar-refractivity contribution in [1.29, 1.82) is 0 Å². The molecule has 0 radical (unpaired) electrons. The summed E-state index contributed by atoms with van der Waals surface area (Å²) in [7, 11) is 0. The van der Waals surface area contributed by atoms with E-state index in [9.17, 15) is 4.79 Å². The molecule has 0 aromatic carbocycles. The van der Waals surface area contributed by atoms with Crippen molar-refractivity contribution in [2.45, 2.75) is 38.8 Å². The van der Waals surface area contributed by atoms with Gasteiger partial charge in [0.15, 0.2) is 0 Å². The molecule has 0 amide bonds. The van der Waals surface area contributed by atoms with Crippen LogP contribution in [0.25, 0.3) is 0 Å². The number of nitrogens with one attached hydrogen (secondary N) is 1. The summed E-state index contributed by atoms with van der Waals surface area (Å²) in [6.45, 7) is 3.86. The highest BCUT2D eigenvalue weighted by Crippen LogP contribution is 2.14. The molecule has 1 rings (SSSR count). The first kappa shape index (κ1) is 11.8. The maximum Gasteiger partial charge on any atom is 0.320 e. The number of furan rings is 1. The van der Waals surface area contributed by atoms with Crippen molar-refractivity contribution >= 4 is 5.97 Å². The van der Waals surface area contributed by atoms with Crippen molar-refractivity contribution in [1.82, 2.24) is 5.32 Å². The molecule has 0 aliphatic carbocycles. The monoisotopic (exact) mass is 211 g/mol. The lowest BCUT2D eigenvalue weighted by Crippen LogP contribution is -2.38. The van der Waals surface area contributed by atoms with E-state index in [2.05, 4.69) is 5.32 Å². The van der Waals surface area contributed by atoms with E-state index in [1.54, 1.807) is 12.3 Å². The molecule has 15 heavy (non-hydrogen) atoms. The highest BCUT2D eigenvalue weighted by molar-refractivity contribution is 5.73. The van der Waals surface area contributed by atoms with Crippen molar-refractivity contribution in [3.63, 3.8) is 0 Å². The van der Waals surface area contributed by atoms with Crippen LogP contribution in [0, 0.1) is 0 Å². The fourth-order valence-electron chi connectivity index (χ4n) is 1.49. The minimum absolute atomic E-state index is 0.0763. The number of rotatable bonds is 6. The molecule has 84 valence electrons. The largest absolute Gasteiger partial charge is 0.480 e. The Morgan fingerprint density at radius 3 is 2.87 bits per heavy atom. The molecule has 4 nitrogen and oxygen atoms in total. The van der Waals surface area contributed by atoms with Crippen molar-refractivity contribution in [3.8, 4) is 0 Å². The predicted octanol–water partition coefficient (Wildman–Crippen LogP) is 2.18. The topological polar surface area (TPSA) is 62.5 Å². The molecule has 0 aliphatic rings. The van der Waals surface area contributed by atoms with Gasteiger partial charge in [0.2, 0.25) is 0 Å². The summed E-state index contributed by atoms with van der Waals surface area (Å²) in [6, 6.07) is 3.05. The first-order chi connectivity index (χ1) is 7.15. The Balaban J connectivity index is 2.54. The van der Waals surface area contributed by atoms with Gasteiger partial charge in [0.25, 0.3) is 0 Å². The third-order valence-electron chi connectivity index (χ3n) is 2.30. The van der Waals surface area contributed by atoms with E-state index < -0.39 is 12.0 Å². The molecule has 0 saturated carbocycles. The van der Waals surface area contributed by atoms with Gasteiger partial charge in [-0.1, -0.05) is 13.3 Å². The van der Waals surface area contributed by atoms with Crippen LogP contribution in [0.5, 0.6) is 0 Å². The van der Waals surface area contributed by atoms with Crippen LogP contribution in [0.3, 0.4) is 0 Å². The number of aliphatic carboxylic acids is 1. The van der Waals surface area contributed by atoms with Gasteiger partial charge >= 0.3 is 5.97 Å². The zero-order valence-corrected chi connectivity index (χ0v) is 9.06. The Hall–Kier alpha value is -1.29. The number of hydrogen-bond donors (Lipinski definition) is 2. The van der Waals surface area contributed by atoms with E-state index in [-0.39, 0.29) is 6.04 Å². The molecule has 1 aromatic heterocycles. The summed E-state index contributed by atoms with van der Waals surface area (Å²) >= 11 is 0. The van der Waals surface area contributed by atoms with E-state index in [1.165, 1.54) is 0 Å². The first-order valence-electron chi connectivity index (χ1n) is 5.17. The van der Waals surface area contributed by atoms with E-state index in [1.807, 2.05) is 19.9 Å². The van der Waals surface area contributed by atoms with Crippen molar-refractivity contribution in [2.24, 2.45) is 0 Å². The Labute approximate surface area is 89.3 Å². The van der Waals surface area contributed by atoms with Gasteiger partial charge in [-0.15, -0.1) is 0 Å². The van der Waals surface area contributed by atoms with Crippen LogP contribution >= 0.6 is 0 Å². The van der Waals surface area contributed by atoms with Crippen molar-refractivity contribution in [3.05, 3.63) is 24.2 Å². The normalized spacial score (nSPS) is 14.8. The fourth-order valence-corrected chi connectivity index (χ4v) is 1.49. The molecule has 2 unspecified atom stereocenters. The third-order valence-corrected chi connectivity index (χ3v) is 2.30. The number of carboxylic acids is 1. The molecule has 0 bridgehead atoms. The van der Waals surface area contributed by atoms with E-state index >= 15 is 0 Å². The van der Waals surface area contributed by atoms with Crippen LogP contribution in [0.15, 0.2) is 22.8 Å². The second-order valence-corrected chi connectivity index (χ2v) is 3.58. The summed E-state index contributed by atoms with van der Waals surface area (Å²) in [6.07, 6.45) is 3.05. The average Bonchev–Trinajstić information content (AvgIpc) is 2.69. The first-order valence-corrected chi connectivity index (χ1v) is 5.17. The van der Waals surface area contributed by atoms with Gasteiger partial charge < -0.3 is 9.52 Å². The molecule has 1 heterocycles. The zero-order chi connectivity index (χ0) is 11.3. The van der Waals surface area contributed by atoms with E-state index in [4.69, 9.17) is 9.52 Å². The van der Waals surface area contributed by atoms with Gasteiger partial charge in [0, 0.05) is 0 Å². The maximum atomic E-state index is 10.9. The summed E-state index contributed by atoms with van der Waals surface area (Å²) in [5, 5.41) is 12.0. The SMILES string of the molecule is CCCC(NC(C)c1ccco1)C(=O)O. The summed E-state index contributed by atoms with van der Waals surface area (Å²) in [5.74, 6) is -0.0485. The molecule has 0 saturated heterocycles. The smallest absolute Gasteiger partial charge is 0.320 e. The molecular formula is C11H17NO3. The molecule has 1 aromatic rings. The van der Waals surface area contributed by atoms with Crippen molar-refractivity contribution < 1.29 is 14.3 Å². The number of hydrogen-bond acceptors (Lipinski definition) is 3. The van der Waals surface area contributed by atoms with Gasteiger partial charge in [-0.05, 0) is 25.5 Å². The van der Waals surface area contributed by atoms with Crippen LogP contribution in [0.4, 0.5) is 0 Å². The molecule has 4 heteroatoms. The van der Waals surface area contributed by atoms with Crippen LogP contribution in [0.1, 0.15) is 38.5 Å². The Bertz CT molecular complexity index is 295. The average molecular weight is 211 g/mol. The predicted molar refractivity (Wildman–Crippen MR) is 56.6 cm³/mol.